The number of nitrogens with one attached hydrogen (secondary N) is 1. The number of aryl methyl sites for hydroxylation is 2. The molecule has 0 unspecified atom stereocenters. The topological polar surface area (TPSA) is 29.9 Å². The summed E-state index contributed by atoms with van der Waals surface area (Å²) in [4.78, 5) is 1.48. The Balaban J connectivity index is 1.59. The van der Waals surface area contributed by atoms with E-state index in [0.29, 0.717) is 0 Å². The highest BCUT2D eigenvalue weighted by atomic mass is 32.1. The molecule has 0 aliphatic heterocycles. The Labute approximate surface area is 100 Å². The third kappa shape index (κ3) is 3.47. The van der Waals surface area contributed by atoms with E-state index in [2.05, 4.69) is 27.9 Å². The van der Waals surface area contributed by atoms with Gasteiger partial charge >= 0.3 is 0 Å². The molecule has 0 saturated carbocycles. The molecule has 0 spiro atoms. The number of aromatic nitrogens is 2. The molecule has 0 aliphatic carbocycles. The van der Waals surface area contributed by atoms with Gasteiger partial charge in [0, 0.05) is 30.2 Å². The normalized spacial score (nSPS) is 10.8. The molecule has 86 valence electrons. The number of nitrogens with zero attached hydrogens (tertiary/aromatic N) is 2. The molecule has 2 heterocycles. The zero-order valence-electron chi connectivity index (χ0n) is 9.52. The van der Waals surface area contributed by atoms with Gasteiger partial charge in [-0.25, -0.2) is 0 Å². The van der Waals surface area contributed by atoms with E-state index in [-0.39, 0.29) is 0 Å². The highest BCUT2D eigenvalue weighted by Crippen LogP contribution is 2.10. The molecular weight excluding hydrogens is 218 g/mol. The van der Waals surface area contributed by atoms with Gasteiger partial charge in [-0.05, 0) is 30.8 Å². The number of rotatable bonds is 6. The van der Waals surface area contributed by atoms with E-state index in [0.717, 1.165) is 13.1 Å². The predicted octanol–water partition coefficient (Wildman–Crippen LogP) is 2.20. The SMILES string of the molecule is Cn1cc(CNCCCc2cccs2)cn1. The lowest BCUT2D eigenvalue weighted by molar-refractivity contribution is 0.651. The van der Waals surface area contributed by atoms with Crippen LogP contribution < -0.4 is 5.32 Å². The molecule has 0 saturated heterocycles. The smallest absolute Gasteiger partial charge is 0.0534 e. The van der Waals surface area contributed by atoms with E-state index in [1.165, 1.54) is 23.3 Å². The molecule has 2 aromatic rings. The average Bonchev–Trinajstić information content (AvgIpc) is 2.89. The summed E-state index contributed by atoms with van der Waals surface area (Å²) in [5.41, 5.74) is 1.25. The van der Waals surface area contributed by atoms with E-state index in [1.54, 1.807) is 0 Å². The summed E-state index contributed by atoms with van der Waals surface area (Å²) in [5, 5.41) is 9.70. The summed E-state index contributed by atoms with van der Waals surface area (Å²) in [5.74, 6) is 0. The van der Waals surface area contributed by atoms with E-state index in [1.807, 2.05) is 35.5 Å². The van der Waals surface area contributed by atoms with Gasteiger partial charge in [0.25, 0.3) is 0 Å². The van der Waals surface area contributed by atoms with E-state index in [9.17, 15) is 0 Å². The Morgan fingerprint density at radius 3 is 3.12 bits per heavy atom. The van der Waals surface area contributed by atoms with Crippen LogP contribution in [-0.4, -0.2) is 16.3 Å². The van der Waals surface area contributed by atoms with Crippen LogP contribution in [-0.2, 0) is 20.0 Å². The largest absolute Gasteiger partial charge is 0.313 e. The molecule has 2 rings (SSSR count). The van der Waals surface area contributed by atoms with Gasteiger partial charge in [0.15, 0.2) is 0 Å². The van der Waals surface area contributed by atoms with Crippen molar-refractivity contribution in [3.63, 3.8) is 0 Å². The molecule has 0 aliphatic rings. The van der Waals surface area contributed by atoms with Crippen molar-refractivity contribution in [2.24, 2.45) is 7.05 Å². The lowest BCUT2D eigenvalue weighted by Gasteiger charge is -2.01. The van der Waals surface area contributed by atoms with Crippen molar-refractivity contribution < 1.29 is 0 Å². The summed E-state index contributed by atoms with van der Waals surface area (Å²) < 4.78 is 1.84. The molecule has 0 bridgehead atoms. The van der Waals surface area contributed by atoms with Gasteiger partial charge < -0.3 is 5.32 Å². The van der Waals surface area contributed by atoms with Crippen LogP contribution in [0.15, 0.2) is 29.9 Å². The predicted molar refractivity (Wildman–Crippen MR) is 67.6 cm³/mol. The molecule has 0 atom stereocenters. The minimum atomic E-state index is 0.915. The first kappa shape index (κ1) is 11.4. The minimum Gasteiger partial charge on any atom is -0.313 e. The van der Waals surface area contributed by atoms with Crippen LogP contribution in [0.2, 0.25) is 0 Å². The molecule has 2 aromatic heterocycles. The van der Waals surface area contributed by atoms with Crippen LogP contribution in [0.4, 0.5) is 0 Å². The van der Waals surface area contributed by atoms with Gasteiger partial charge in [0.2, 0.25) is 0 Å². The quantitative estimate of drug-likeness (QED) is 0.778. The maximum atomic E-state index is 4.13. The summed E-state index contributed by atoms with van der Waals surface area (Å²) >= 11 is 1.84. The number of hydrogen-bond donors (Lipinski definition) is 1. The molecule has 3 nitrogen and oxygen atoms in total. The summed E-state index contributed by atoms with van der Waals surface area (Å²) in [6.07, 6.45) is 6.33. The Bertz CT molecular complexity index is 406. The monoisotopic (exact) mass is 235 g/mol. The van der Waals surface area contributed by atoms with Crippen LogP contribution in [0, 0.1) is 0 Å². The fourth-order valence-corrected chi connectivity index (χ4v) is 2.39. The highest BCUT2D eigenvalue weighted by Gasteiger charge is 1.96. The minimum absolute atomic E-state index is 0.915. The van der Waals surface area contributed by atoms with Crippen LogP contribution in [0.5, 0.6) is 0 Å². The lowest BCUT2D eigenvalue weighted by atomic mass is 10.2. The fraction of sp³-hybridized carbons (Fsp3) is 0.417. The molecule has 0 amide bonds. The van der Waals surface area contributed by atoms with Crippen molar-refractivity contribution in [3.05, 3.63) is 40.3 Å². The first-order valence-corrected chi connectivity index (χ1v) is 6.43. The van der Waals surface area contributed by atoms with E-state index in [4.69, 9.17) is 0 Å². The maximum absolute atomic E-state index is 4.13. The maximum Gasteiger partial charge on any atom is 0.0534 e. The molecule has 1 N–H and O–H groups in total. The first-order valence-electron chi connectivity index (χ1n) is 5.55. The Hall–Kier alpha value is -1.13. The summed E-state index contributed by atoms with van der Waals surface area (Å²) in [6.45, 7) is 1.98. The first-order chi connectivity index (χ1) is 7.84. The lowest BCUT2D eigenvalue weighted by Crippen LogP contribution is -2.14. The van der Waals surface area contributed by atoms with Crippen LogP contribution in [0.1, 0.15) is 16.9 Å². The van der Waals surface area contributed by atoms with Crippen LogP contribution in [0.25, 0.3) is 0 Å². The van der Waals surface area contributed by atoms with Gasteiger partial charge in [0.1, 0.15) is 0 Å². The zero-order valence-corrected chi connectivity index (χ0v) is 10.3. The number of thiophene rings is 1. The van der Waals surface area contributed by atoms with Gasteiger partial charge in [-0.15, -0.1) is 11.3 Å². The van der Waals surface area contributed by atoms with Crippen molar-refractivity contribution >= 4 is 11.3 Å². The summed E-state index contributed by atoms with van der Waals surface area (Å²) in [6, 6.07) is 4.31. The second-order valence-electron chi connectivity index (χ2n) is 3.88. The Kier molecular flexibility index (Phi) is 4.13. The van der Waals surface area contributed by atoms with Gasteiger partial charge in [-0.3, -0.25) is 4.68 Å². The third-order valence-corrected chi connectivity index (χ3v) is 3.38. The zero-order chi connectivity index (χ0) is 11.2. The molecule has 4 heteroatoms. The van der Waals surface area contributed by atoms with Crippen molar-refractivity contribution in [1.29, 1.82) is 0 Å². The van der Waals surface area contributed by atoms with Crippen LogP contribution in [0.3, 0.4) is 0 Å². The fourth-order valence-electron chi connectivity index (χ4n) is 1.64. The van der Waals surface area contributed by atoms with Crippen molar-refractivity contribution in [2.45, 2.75) is 19.4 Å². The van der Waals surface area contributed by atoms with Crippen molar-refractivity contribution in [1.82, 2.24) is 15.1 Å². The van der Waals surface area contributed by atoms with Gasteiger partial charge in [0.05, 0.1) is 6.20 Å². The number of hydrogen-bond acceptors (Lipinski definition) is 3. The molecule has 0 fully saturated rings. The third-order valence-electron chi connectivity index (χ3n) is 2.44. The second kappa shape index (κ2) is 5.82. The second-order valence-corrected chi connectivity index (χ2v) is 4.91. The van der Waals surface area contributed by atoms with Gasteiger partial charge in [-0.1, -0.05) is 6.07 Å². The summed E-state index contributed by atoms with van der Waals surface area (Å²) in [7, 11) is 1.94. The Morgan fingerprint density at radius 2 is 2.44 bits per heavy atom. The standard InChI is InChI=1S/C12H17N3S/c1-15-10-11(9-14-15)8-13-6-2-4-12-5-3-7-16-12/h3,5,7,9-10,13H,2,4,6,8H2,1H3. The van der Waals surface area contributed by atoms with E-state index >= 15 is 0 Å². The molecule has 0 radical (unpaired) electrons. The molecule has 16 heavy (non-hydrogen) atoms. The van der Waals surface area contributed by atoms with E-state index < -0.39 is 0 Å². The van der Waals surface area contributed by atoms with Crippen molar-refractivity contribution in [2.75, 3.05) is 6.54 Å². The average molecular weight is 235 g/mol. The van der Waals surface area contributed by atoms with Gasteiger partial charge in [-0.2, -0.15) is 5.10 Å². The highest BCUT2D eigenvalue weighted by molar-refractivity contribution is 7.09. The Morgan fingerprint density at radius 1 is 1.50 bits per heavy atom. The van der Waals surface area contributed by atoms with Crippen molar-refractivity contribution in [3.8, 4) is 0 Å². The molecular formula is C12H17N3S. The van der Waals surface area contributed by atoms with Crippen LogP contribution >= 0.6 is 11.3 Å². The molecule has 0 aromatic carbocycles.